The molecule has 0 heterocycles. The second-order valence-electron chi connectivity index (χ2n) is 5.37. The quantitative estimate of drug-likeness (QED) is 0.484. The maximum absolute atomic E-state index is 11.7. The van der Waals surface area contributed by atoms with Crippen molar-refractivity contribution in [1.29, 1.82) is 0 Å². The predicted octanol–water partition coefficient (Wildman–Crippen LogP) is 3.39. The molecule has 0 radical (unpaired) electrons. The largest absolute Gasteiger partial charge is 0.484 e. The third-order valence-electron chi connectivity index (χ3n) is 3.13. The molecule has 0 aliphatic rings. The molecule has 8 heteroatoms. The van der Waals surface area contributed by atoms with E-state index in [0.29, 0.717) is 11.3 Å². The summed E-state index contributed by atoms with van der Waals surface area (Å²) in [6.07, 6.45) is 1.29. The standard InChI is InChI=1S/C17H16ClN3O4/c1-11-5-12(2)7-14(6-11)25-10-17(22)20-19-9-13-3-4-15(18)16(8-13)21(23)24/h3-9H,10H2,1-2H3,(H,20,22). The van der Waals surface area contributed by atoms with Crippen molar-refractivity contribution < 1.29 is 14.5 Å². The maximum Gasteiger partial charge on any atom is 0.288 e. The van der Waals surface area contributed by atoms with Crippen LogP contribution in [0.25, 0.3) is 0 Å². The van der Waals surface area contributed by atoms with E-state index in [1.54, 1.807) is 6.07 Å². The van der Waals surface area contributed by atoms with Crippen LogP contribution >= 0.6 is 11.6 Å². The molecule has 0 aliphatic heterocycles. The van der Waals surface area contributed by atoms with Gasteiger partial charge in [0.1, 0.15) is 10.8 Å². The smallest absolute Gasteiger partial charge is 0.288 e. The highest BCUT2D eigenvalue weighted by Gasteiger charge is 2.11. The summed E-state index contributed by atoms with van der Waals surface area (Å²) >= 11 is 5.72. The Labute approximate surface area is 149 Å². The van der Waals surface area contributed by atoms with Crippen LogP contribution < -0.4 is 10.2 Å². The number of amides is 1. The molecule has 0 spiro atoms. The molecule has 1 N–H and O–H groups in total. The Hall–Kier alpha value is -2.93. The summed E-state index contributed by atoms with van der Waals surface area (Å²) in [7, 11) is 0. The maximum atomic E-state index is 11.7. The lowest BCUT2D eigenvalue weighted by Crippen LogP contribution is -2.24. The average molecular weight is 362 g/mol. The number of ether oxygens (including phenoxy) is 1. The molecule has 0 aromatic heterocycles. The molecule has 7 nitrogen and oxygen atoms in total. The van der Waals surface area contributed by atoms with Gasteiger partial charge in [0.05, 0.1) is 11.1 Å². The van der Waals surface area contributed by atoms with Crippen molar-refractivity contribution in [2.24, 2.45) is 5.10 Å². The van der Waals surface area contributed by atoms with Crippen LogP contribution in [0.2, 0.25) is 5.02 Å². The van der Waals surface area contributed by atoms with Gasteiger partial charge >= 0.3 is 0 Å². The number of aryl methyl sites for hydroxylation is 2. The second-order valence-corrected chi connectivity index (χ2v) is 5.78. The minimum absolute atomic E-state index is 0.0352. The number of nitrogens with one attached hydrogen (secondary N) is 1. The summed E-state index contributed by atoms with van der Waals surface area (Å²) in [5, 5.41) is 14.6. The van der Waals surface area contributed by atoms with E-state index >= 15 is 0 Å². The van der Waals surface area contributed by atoms with E-state index in [0.717, 1.165) is 11.1 Å². The number of nitrogens with zero attached hydrogens (tertiary/aromatic N) is 2. The lowest BCUT2D eigenvalue weighted by molar-refractivity contribution is -0.384. The molecule has 0 bridgehead atoms. The summed E-state index contributed by atoms with van der Waals surface area (Å²) in [5.74, 6) is 0.156. The molecule has 1 amide bonds. The number of halogens is 1. The zero-order valence-electron chi connectivity index (χ0n) is 13.7. The predicted molar refractivity (Wildman–Crippen MR) is 95.3 cm³/mol. The van der Waals surface area contributed by atoms with Gasteiger partial charge in [0.2, 0.25) is 0 Å². The molecule has 130 valence electrons. The first-order valence-electron chi connectivity index (χ1n) is 7.32. The van der Waals surface area contributed by atoms with Crippen molar-refractivity contribution in [3.63, 3.8) is 0 Å². The van der Waals surface area contributed by atoms with Crippen LogP contribution in [0.4, 0.5) is 5.69 Å². The van der Waals surface area contributed by atoms with Crippen LogP contribution in [-0.4, -0.2) is 23.7 Å². The van der Waals surface area contributed by atoms with Crippen molar-refractivity contribution in [3.8, 4) is 5.75 Å². The normalized spacial score (nSPS) is 10.7. The number of hydrogen-bond acceptors (Lipinski definition) is 5. The fourth-order valence-electron chi connectivity index (χ4n) is 2.13. The Balaban J connectivity index is 1.90. The van der Waals surface area contributed by atoms with E-state index in [2.05, 4.69) is 10.5 Å². The van der Waals surface area contributed by atoms with Crippen LogP contribution in [-0.2, 0) is 4.79 Å². The highest BCUT2D eigenvalue weighted by molar-refractivity contribution is 6.32. The fraction of sp³-hybridized carbons (Fsp3) is 0.176. The highest BCUT2D eigenvalue weighted by Crippen LogP contribution is 2.24. The van der Waals surface area contributed by atoms with Gasteiger partial charge in [0, 0.05) is 11.6 Å². The molecule has 2 aromatic rings. The van der Waals surface area contributed by atoms with Gasteiger partial charge < -0.3 is 4.74 Å². The summed E-state index contributed by atoms with van der Waals surface area (Å²) in [6, 6.07) is 9.88. The zero-order chi connectivity index (χ0) is 18.4. The van der Waals surface area contributed by atoms with Gasteiger partial charge in [-0.3, -0.25) is 14.9 Å². The third-order valence-corrected chi connectivity index (χ3v) is 3.45. The number of carbonyl (C=O) groups excluding carboxylic acids is 1. The van der Waals surface area contributed by atoms with Crippen LogP contribution in [0.15, 0.2) is 41.5 Å². The number of carbonyl (C=O) groups is 1. The minimum atomic E-state index is -0.587. The summed E-state index contributed by atoms with van der Waals surface area (Å²) < 4.78 is 5.41. The third kappa shape index (κ3) is 5.58. The number of hydrazone groups is 1. The van der Waals surface area contributed by atoms with E-state index in [4.69, 9.17) is 16.3 Å². The van der Waals surface area contributed by atoms with E-state index in [9.17, 15) is 14.9 Å². The molecule has 2 rings (SSSR count). The van der Waals surface area contributed by atoms with Crippen molar-refractivity contribution >= 4 is 29.4 Å². The van der Waals surface area contributed by atoms with Crippen molar-refractivity contribution in [2.75, 3.05) is 6.61 Å². The molecular weight excluding hydrogens is 346 g/mol. The van der Waals surface area contributed by atoms with Gasteiger partial charge in [-0.1, -0.05) is 23.7 Å². The summed E-state index contributed by atoms with van der Waals surface area (Å²) in [6.45, 7) is 3.69. The van der Waals surface area contributed by atoms with E-state index < -0.39 is 10.8 Å². The molecule has 0 saturated carbocycles. The van der Waals surface area contributed by atoms with E-state index in [1.165, 1.54) is 18.3 Å². The minimum Gasteiger partial charge on any atom is -0.484 e. The monoisotopic (exact) mass is 361 g/mol. The van der Waals surface area contributed by atoms with Crippen molar-refractivity contribution in [2.45, 2.75) is 13.8 Å². The van der Waals surface area contributed by atoms with Gasteiger partial charge in [0.15, 0.2) is 6.61 Å². The molecule has 2 aromatic carbocycles. The van der Waals surface area contributed by atoms with E-state index in [-0.39, 0.29) is 17.3 Å². The van der Waals surface area contributed by atoms with Gasteiger partial charge in [-0.15, -0.1) is 0 Å². The topological polar surface area (TPSA) is 93.8 Å². The average Bonchev–Trinajstić information content (AvgIpc) is 2.53. The molecule has 0 saturated heterocycles. The number of benzene rings is 2. The van der Waals surface area contributed by atoms with Gasteiger partial charge in [-0.05, 0) is 43.2 Å². The molecular formula is C17H16ClN3O4. The Bertz CT molecular complexity index is 816. The molecule has 0 fully saturated rings. The molecule has 0 atom stereocenters. The lowest BCUT2D eigenvalue weighted by Gasteiger charge is -2.07. The summed E-state index contributed by atoms with van der Waals surface area (Å²) in [4.78, 5) is 22.0. The van der Waals surface area contributed by atoms with Gasteiger partial charge in [0.25, 0.3) is 11.6 Å². The number of hydrogen-bond donors (Lipinski definition) is 1. The van der Waals surface area contributed by atoms with Crippen molar-refractivity contribution in [1.82, 2.24) is 5.43 Å². The molecule has 0 aliphatic carbocycles. The molecule has 0 unspecified atom stereocenters. The first kappa shape index (κ1) is 18.4. The second kappa shape index (κ2) is 8.25. The number of rotatable bonds is 6. The van der Waals surface area contributed by atoms with Crippen molar-refractivity contribution in [3.05, 3.63) is 68.2 Å². The Morgan fingerprint density at radius 2 is 1.96 bits per heavy atom. The number of nitro benzene ring substituents is 1. The Morgan fingerprint density at radius 1 is 1.28 bits per heavy atom. The fourth-order valence-corrected chi connectivity index (χ4v) is 2.31. The van der Waals surface area contributed by atoms with Crippen LogP contribution in [0.1, 0.15) is 16.7 Å². The Kier molecular flexibility index (Phi) is 6.08. The van der Waals surface area contributed by atoms with Gasteiger partial charge in [-0.2, -0.15) is 5.10 Å². The molecule has 25 heavy (non-hydrogen) atoms. The Morgan fingerprint density at radius 3 is 2.60 bits per heavy atom. The highest BCUT2D eigenvalue weighted by atomic mass is 35.5. The lowest BCUT2D eigenvalue weighted by atomic mass is 10.1. The first-order chi connectivity index (χ1) is 11.8. The first-order valence-corrected chi connectivity index (χ1v) is 7.70. The van der Waals surface area contributed by atoms with Gasteiger partial charge in [-0.25, -0.2) is 5.43 Å². The van der Waals surface area contributed by atoms with E-state index in [1.807, 2.05) is 32.0 Å². The number of nitro groups is 1. The zero-order valence-corrected chi connectivity index (χ0v) is 14.4. The van der Waals surface area contributed by atoms with Crippen LogP contribution in [0, 0.1) is 24.0 Å². The van der Waals surface area contributed by atoms with Crippen LogP contribution in [0.3, 0.4) is 0 Å². The summed E-state index contributed by atoms with van der Waals surface area (Å²) in [5.41, 5.74) is 4.59. The SMILES string of the molecule is Cc1cc(C)cc(OCC(=O)NN=Cc2ccc(Cl)c([N+](=O)[O-])c2)c1. The van der Waals surface area contributed by atoms with Crippen LogP contribution in [0.5, 0.6) is 5.75 Å².